The average molecular weight is 295 g/mol. The molecule has 110 valence electrons. The molecular weight excluding hydrogens is 272 g/mol. The zero-order chi connectivity index (χ0) is 14.4. The number of piperidine rings is 1. The van der Waals surface area contributed by atoms with Crippen LogP contribution < -0.4 is 5.32 Å². The van der Waals surface area contributed by atoms with E-state index in [1.165, 1.54) is 12.8 Å². The number of hydrogen-bond donors (Lipinski definition) is 1. The van der Waals surface area contributed by atoms with E-state index >= 15 is 0 Å². The first-order chi connectivity index (χ1) is 9.69. The van der Waals surface area contributed by atoms with Crippen LogP contribution in [0.2, 0.25) is 5.02 Å². The Labute approximate surface area is 126 Å². The third kappa shape index (κ3) is 4.50. The molecule has 4 heteroatoms. The Morgan fingerprint density at radius 1 is 1.50 bits per heavy atom. The van der Waals surface area contributed by atoms with Crippen molar-refractivity contribution in [3.8, 4) is 0 Å². The van der Waals surface area contributed by atoms with E-state index < -0.39 is 0 Å². The molecule has 1 amide bonds. The van der Waals surface area contributed by atoms with Crippen molar-refractivity contribution in [2.75, 3.05) is 26.2 Å². The Morgan fingerprint density at radius 2 is 2.35 bits per heavy atom. The standard InChI is InChI=1S/C16H23ClN2O/c1-2-19(12-14-6-4-8-18-11-14)16(20)10-13-5-3-7-15(17)9-13/h3,5,7,9,14,18H,2,4,6,8,10-12H2,1H3. The summed E-state index contributed by atoms with van der Waals surface area (Å²) in [5.74, 6) is 0.785. The lowest BCUT2D eigenvalue weighted by molar-refractivity contribution is -0.131. The van der Waals surface area contributed by atoms with Gasteiger partial charge < -0.3 is 10.2 Å². The number of nitrogens with one attached hydrogen (secondary N) is 1. The molecule has 1 aliphatic rings. The molecule has 0 radical (unpaired) electrons. The first-order valence-electron chi connectivity index (χ1n) is 7.42. The molecule has 1 aromatic rings. The van der Waals surface area contributed by atoms with Gasteiger partial charge in [0.15, 0.2) is 0 Å². The molecule has 1 fully saturated rings. The highest BCUT2D eigenvalue weighted by molar-refractivity contribution is 6.30. The normalized spacial score (nSPS) is 18.8. The van der Waals surface area contributed by atoms with Crippen LogP contribution in [0.5, 0.6) is 0 Å². The summed E-state index contributed by atoms with van der Waals surface area (Å²) in [6.45, 7) is 5.82. The number of hydrogen-bond acceptors (Lipinski definition) is 2. The summed E-state index contributed by atoms with van der Waals surface area (Å²) in [6, 6.07) is 7.56. The van der Waals surface area contributed by atoms with Gasteiger partial charge in [0.05, 0.1) is 6.42 Å². The van der Waals surface area contributed by atoms with Crippen LogP contribution in [0, 0.1) is 5.92 Å². The van der Waals surface area contributed by atoms with Crippen LogP contribution in [0.15, 0.2) is 24.3 Å². The third-order valence-electron chi connectivity index (χ3n) is 3.86. The van der Waals surface area contributed by atoms with Crippen molar-refractivity contribution in [3.63, 3.8) is 0 Å². The summed E-state index contributed by atoms with van der Waals surface area (Å²) in [7, 11) is 0. The minimum Gasteiger partial charge on any atom is -0.342 e. The van der Waals surface area contributed by atoms with Crippen molar-refractivity contribution in [1.82, 2.24) is 10.2 Å². The van der Waals surface area contributed by atoms with Crippen LogP contribution in [-0.2, 0) is 11.2 Å². The summed E-state index contributed by atoms with van der Waals surface area (Å²) >= 11 is 5.96. The van der Waals surface area contributed by atoms with Gasteiger partial charge in [-0.3, -0.25) is 4.79 Å². The molecule has 0 spiro atoms. The van der Waals surface area contributed by atoms with Crippen LogP contribution in [0.4, 0.5) is 0 Å². The highest BCUT2D eigenvalue weighted by Gasteiger charge is 2.19. The molecule has 2 rings (SSSR count). The van der Waals surface area contributed by atoms with Gasteiger partial charge >= 0.3 is 0 Å². The van der Waals surface area contributed by atoms with E-state index in [0.29, 0.717) is 17.4 Å². The van der Waals surface area contributed by atoms with E-state index in [1.54, 1.807) is 0 Å². The molecule has 1 atom stereocenters. The number of amides is 1. The maximum absolute atomic E-state index is 12.4. The number of carbonyl (C=O) groups excluding carboxylic acids is 1. The topological polar surface area (TPSA) is 32.3 Å². The number of benzene rings is 1. The highest BCUT2D eigenvalue weighted by Crippen LogP contribution is 2.15. The minimum atomic E-state index is 0.195. The van der Waals surface area contributed by atoms with Gasteiger partial charge in [-0.2, -0.15) is 0 Å². The molecule has 20 heavy (non-hydrogen) atoms. The van der Waals surface area contributed by atoms with E-state index in [9.17, 15) is 4.79 Å². The van der Waals surface area contributed by atoms with Crippen molar-refractivity contribution >= 4 is 17.5 Å². The fourth-order valence-corrected chi connectivity index (χ4v) is 2.95. The predicted molar refractivity (Wildman–Crippen MR) is 83.0 cm³/mol. The maximum Gasteiger partial charge on any atom is 0.226 e. The van der Waals surface area contributed by atoms with Crippen molar-refractivity contribution in [3.05, 3.63) is 34.9 Å². The Morgan fingerprint density at radius 3 is 3.00 bits per heavy atom. The number of nitrogens with zero attached hydrogens (tertiary/aromatic N) is 1. The van der Waals surface area contributed by atoms with Gasteiger partial charge in [0.1, 0.15) is 0 Å². The predicted octanol–water partition coefficient (Wildman–Crippen LogP) is 2.73. The van der Waals surface area contributed by atoms with Gasteiger partial charge in [-0.05, 0) is 56.5 Å². The number of likely N-dealkylation sites (N-methyl/N-ethyl adjacent to an activating group) is 1. The Balaban J connectivity index is 1.91. The van der Waals surface area contributed by atoms with E-state index in [-0.39, 0.29) is 5.91 Å². The smallest absolute Gasteiger partial charge is 0.226 e. The van der Waals surface area contributed by atoms with Gasteiger partial charge in [-0.15, -0.1) is 0 Å². The van der Waals surface area contributed by atoms with Crippen LogP contribution >= 0.6 is 11.6 Å². The molecule has 1 aliphatic heterocycles. The molecule has 1 N–H and O–H groups in total. The summed E-state index contributed by atoms with van der Waals surface area (Å²) in [5.41, 5.74) is 0.989. The second-order valence-electron chi connectivity index (χ2n) is 5.45. The number of carbonyl (C=O) groups is 1. The van der Waals surface area contributed by atoms with Gasteiger partial charge in [0, 0.05) is 18.1 Å². The second-order valence-corrected chi connectivity index (χ2v) is 5.89. The summed E-state index contributed by atoms with van der Waals surface area (Å²) in [4.78, 5) is 14.4. The number of halogens is 1. The lowest BCUT2D eigenvalue weighted by atomic mass is 9.99. The van der Waals surface area contributed by atoms with E-state index in [4.69, 9.17) is 11.6 Å². The molecule has 3 nitrogen and oxygen atoms in total. The van der Waals surface area contributed by atoms with Gasteiger partial charge in [-0.25, -0.2) is 0 Å². The molecule has 0 aliphatic carbocycles. The first kappa shape index (κ1) is 15.3. The lowest BCUT2D eigenvalue weighted by Gasteiger charge is -2.29. The van der Waals surface area contributed by atoms with Crippen LogP contribution in [0.1, 0.15) is 25.3 Å². The van der Waals surface area contributed by atoms with Crippen LogP contribution in [0.3, 0.4) is 0 Å². The zero-order valence-electron chi connectivity index (χ0n) is 12.1. The fourth-order valence-electron chi connectivity index (χ4n) is 2.73. The summed E-state index contributed by atoms with van der Waals surface area (Å²) in [5, 5.41) is 4.09. The molecule has 0 bridgehead atoms. The summed E-state index contributed by atoms with van der Waals surface area (Å²) in [6.07, 6.45) is 2.87. The molecule has 1 heterocycles. The maximum atomic E-state index is 12.4. The van der Waals surface area contributed by atoms with Gasteiger partial charge in [0.2, 0.25) is 5.91 Å². The quantitative estimate of drug-likeness (QED) is 0.906. The fraction of sp³-hybridized carbons (Fsp3) is 0.562. The van der Waals surface area contributed by atoms with Crippen LogP contribution in [0.25, 0.3) is 0 Å². The van der Waals surface area contributed by atoms with Gasteiger partial charge in [-0.1, -0.05) is 23.7 Å². The van der Waals surface area contributed by atoms with Crippen molar-refractivity contribution < 1.29 is 4.79 Å². The molecule has 0 aromatic heterocycles. The first-order valence-corrected chi connectivity index (χ1v) is 7.79. The van der Waals surface area contributed by atoms with E-state index in [1.807, 2.05) is 36.1 Å². The zero-order valence-corrected chi connectivity index (χ0v) is 12.8. The van der Waals surface area contributed by atoms with Gasteiger partial charge in [0.25, 0.3) is 0 Å². The molecule has 0 saturated carbocycles. The largest absolute Gasteiger partial charge is 0.342 e. The van der Waals surface area contributed by atoms with E-state index in [0.717, 1.165) is 31.7 Å². The highest BCUT2D eigenvalue weighted by atomic mass is 35.5. The summed E-state index contributed by atoms with van der Waals surface area (Å²) < 4.78 is 0. The molecule has 1 unspecified atom stereocenters. The molecule has 1 aromatic carbocycles. The Hall–Kier alpha value is -1.06. The SMILES string of the molecule is CCN(CC1CCCNC1)C(=O)Cc1cccc(Cl)c1. The third-order valence-corrected chi connectivity index (χ3v) is 4.09. The van der Waals surface area contributed by atoms with Crippen molar-refractivity contribution in [2.45, 2.75) is 26.2 Å². The lowest BCUT2D eigenvalue weighted by Crippen LogP contribution is -2.41. The Kier molecular flexibility index (Phi) is 5.86. The monoisotopic (exact) mass is 294 g/mol. The minimum absolute atomic E-state index is 0.195. The van der Waals surface area contributed by atoms with E-state index in [2.05, 4.69) is 5.32 Å². The molecular formula is C16H23ClN2O. The van der Waals surface area contributed by atoms with Crippen molar-refractivity contribution in [2.24, 2.45) is 5.92 Å². The van der Waals surface area contributed by atoms with Crippen molar-refractivity contribution in [1.29, 1.82) is 0 Å². The second kappa shape index (κ2) is 7.65. The number of rotatable bonds is 5. The average Bonchev–Trinajstić information content (AvgIpc) is 2.45. The Bertz CT molecular complexity index is 444. The molecule has 1 saturated heterocycles. The van der Waals surface area contributed by atoms with Crippen LogP contribution in [-0.4, -0.2) is 37.0 Å².